The molecule has 0 saturated heterocycles. The van der Waals surface area contributed by atoms with Crippen LogP contribution < -0.4 is 0 Å². The Labute approximate surface area is 130 Å². The number of likely N-dealkylation sites (N-methyl/N-ethyl adjacent to an activating group) is 1. The second-order valence-corrected chi connectivity index (χ2v) is 7.18. The largest absolute Gasteiger partial charge is 0.479 e. The molecule has 0 atom stereocenters. The van der Waals surface area contributed by atoms with Gasteiger partial charge in [0.15, 0.2) is 0 Å². The predicted molar refractivity (Wildman–Crippen MR) is 82.8 cm³/mol. The van der Waals surface area contributed by atoms with Crippen LogP contribution in [0.3, 0.4) is 0 Å². The van der Waals surface area contributed by atoms with Crippen LogP contribution in [0.15, 0.2) is 6.07 Å². The molecule has 0 aliphatic heterocycles. The minimum absolute atomic E-state index is 0.139. The highest BCUT2D eigenvalue weighted by molar-refractivity contribution is 5.96. The van der Waals surface area contributed by atoms with Crippen LogP contribution in [0.4, 0.5) is 0 Å². The fourth-order valence-electron chi connectivity index (χ4n) is 3.01. The molecule has 1 aliphatic rings. The van der Waals surface area contributed by atoms with Gasteiger partial charge in [-0.3, -0.25) is 9.89 Å². The van der Waals surface area contributed by atoms with Crippen molar-refractivity contribution in [3.8, 4) is 0 Å². The lowest BCUT2D eigenvalue weighted by atomic mass is 9.80. The summed E-state index contributed by atoms with van der Waals surface area (Å²) >= 11 is 0. The van der Waals surface area contributed by atoms with Crippen LogP contribution in [-0.4, -0.2) is 44.7 Å². The molecule has 0 unspecified atom stereocenters. The first kappa shape index (κ1) is 16.5. The van der Waals surface area contributed by atoms with Crippen molar-refractivity contribution in [2.75, 3.05) is 7.05 Å². The maximum atomic E-state index is 12.7. The molecule has 0 spiro atoms. The Hall–Kier alpha value is -1.85. The number of aromatic nitrogens is 2. The Balaban J connectivity index is 2.27. The van der Waals surface area contributed by atoms with Gasteiger partial charge in [-0.25, -0.2) is 4.79 Å². The quantitative estimate of drug-likeness (QED) is 0.898. The van der Waals surface area contributed by atoms with Gasteiger partial charge >= 0.3 is 5.97 Å². The Morgan fingerprint density at radius 2 is 1.86 bits per heavy atom. The monoisotopic (exact) mass is 307 g/mol. The third-order valence-electron chi connectivity index (χ3n) is 4.63. The number of carboxylic acids is 1. The maximum absolute atomic E-state index is 12.7. The van der Waals surface area contributed by atoms with Crippen molar-refractivity contribution in [1.82, 2.24) is 15.1 Å². The summed E-state index contributed by atoms with van der Waals surface area (Å²) in [7, 11) is 1.58. The highest BCUT2D eigenvalue weighted by atomic mass is 16.4. The zero-order valence-corrected chi connectivity index (χ0v) is 13.8. The number of carboxylic acid groups (broad SMARTS) is 1. The van der Waals surface area contributed by atoms with E-state index in [4.69, 9.17) is 0 Å². The Morgan fingerprint density at radius 3 is 2.32 bits per heavy atom. The molecule has 122 valence electrons. The molecule has 1 amide bonds. The molecule has 1 heterocycles. The summed E-state index contributed by atoms with van der Waals surface area (Å²) in [6, 6.07) is 1.72. The second kappa shape index (κ2) is 5.74. The Kier molecular flexibility index (Phi) is 4.31. The van der Waals surface area contributed by atoms with E-state index in [0.29, 0.717) is 12.8 Å². The van der Waals surface area contributed by atoms with Gasteiger partial charge in [-0.05, 0) is 18.9 Å². The number of amides is 1. The highest BCUT2D eigenvalue weighted by Gasteiger charge is 2.46. The number of nitrogens with zero attached hydrogens (tertiary/aromatic N) is 2. The van der Waals surface area contributed by atoms with Crippen LogP contribution in [0, 0.1) is 0 Å². The van der Waals surface area contributed by atoms with E-state index in [-0.39, 0.29) is 17.0 Å². The van der Waals surface area contributed by atoms with Crippen molar-refractivity contribution in [1.29, 1.82) is 0 Å². The summed E-state index contributed by atoms with van der Waals surface area (Å²) in [6.07, 6.45) is 3.69. The lowest BCUT2D eigenvalue weighted by molar-refractivity contribution is -0.151. The van der Waals surface area contributed by atoms with Crippen molar-refractivity contribution in [2.24, 2.45) is 0 Å². The van der Waals surface area contributed by atoms with E-state index in [0.717, 1.165) is 25.0 Å². The number of rotatable bonds is 3. The van der Waals surface area contributed by atoms with Crippen molar-refractivity contribution in [3.05, 3.63) is 17.5 Å². The van der Waals surface area contributed by atoms with Gasteiger partial charge in [0, 0.05) is 18.2 Å². The second-order valence-electron chi connectivity index (χ2n) is 7.18. The molecule has 0 radical (unpaired) electrons. The molecule has 1 aromatic heterocycles. The average molecular weight is 307 g/mol. The number of carbonyl (C=O) groups excluding carboxylic acids is 1. The summed E-state index contributed by atoms with van der Waals surface area (Å²) < 4.78 is 0. The number of hydrogen-bond acceptors (Lipinski definition) is 3. The summed E-state index contributed by atoms with van der Waals surface area (Å²) in [4.78, 5) is 25.8. The van der Waals surface area contributed by atoms with Crippen LogP contribution in [0.2, 0.25) is 0 Å². The summed E-state index contributed by atoms with van der Waals surface area (Å²) in [5.41, 5.74) is -0.105. The van der Waals surface area contributed by atoms with Crippen molar-refractivity contribution < 1.29 is 14.7 Å². The normalized spacial score (nSPS) is 18.0. The molecule has 2 rings (SSSR count). The molecule has 2 N–H and O–H groups in total. The van der Waals surface area contributed by atoms with Crippen LogP contribution in [-0.2, 0) is 10.2 Å². The van der Waals surface area contributed by atoms with E-state index in [1.54, 1.807) is 13.1 Å². The molecule has 1 aromatic rings. The molecule has 1 aliphatic carbocycles. The molecule has 0 bridgehead atoms. The molecule has 1 saturated carbocycles. The summed E-state index contributed by atoms with van der Waals surface area (Å²) in [6.45, 7) is 6.08. The summed E-state index contributed by atoms with van der Waals surface area (Å²) in [5, 5.41) is 16.6. The van der Waals surface area contributed by atoms with Crippen LogP contribution in [0.25, 0.3) is 0 Å². The van der Waals surface area contributed by atoms with E-state index >= 15 is 0 Å². The minimum atomic E-state index is -1.10. The first-order valence-electron chi connectivity index (χ1n) is 7.76. The third kappa shape index (κ3) is 2.87. The van der Waals surface area contributed by atoms with Gasteiger partial charge in [0.1, 0.15) is 11.2 Å². The number of aliphatic carboxylic acids is 1. The molecule has 22 heavy (non-hydrogen) atoms. The van der Waals surface area contributed by atoms with Gasteiger partial charge in [-0.2, -0.15) is 5.10 Å². The number of nitrogens with one attached hydrogen (secondary N) is 1. The number of aromatic amines is 1. The van der Waals surface area contributed by atoms with Gasteiger partial charge in [-0.15, -0.1) is 0 Å². The molecule has 6 nitrogen and oxygen atoms in total. The van der Waals surface area contributed by atoms with Gasteiger partial charge in [0.05, 0.1) is 0 Å². The van der Waals surface area contributed by atoms with Gasteiger partial charge in [0.25, 0.3) is 5.91 Å². The first-order valence-corrected chi connectivity index (χ1v) is 7.76. The molecular formula is C16H25N3O3. The van der Waals surface area contributed by atoms with Crippen molar-refractivity contribution in [2.45, 2.75) is 63.8 Å². The number of carbonyl (C=O) groups is 2. The SMILES string of the molecule is CN(C(=O)c1cc(C(C)(C)C)[nH]n1)C1(C(=O)O)CCCCC1. The molecule has 6 heteroatoms. The Bertz CT molecular complexity index is 565. The van der Waals surface area contributed by atoms with E-state index in [2.05, 4.69) is 10.2 Å². The molecule has 0 aromatic carbocycles. The number of H-pyrrole nitrogens is 1. The number of hydrogen-bond donors (Lipinski definition) is 2. The highest BCUT2D eigenvalue weighted by Crippen LogP contribution is 2.34. The van der Waals surface area contributed by atoms with E-state index < -0.39 is 11.5 Å². The van der Waals surface area contributed by atoms with Crippen LogP contribution in [0.1, 0.15) is 69.1 Å². The van der Waals surface area contributed by atoms with Crippen LogP contribution in [0.5, 0.6) is 0 Å². The van der Waals surface area contributed by atoms with Crippen molar-refractivity contribution >= 4 is 11.9 Å². The van der Waals surface area contributed by atoms with Gasteiger partial charge in [0.2, 0.25) is 0 Å². The maximum Gasteiger partial charge on any atom is 0.329 e. The predicted octanol–water partition coefficient (Wildman–Crippen LogP) is 2.57. The summed E-state index contributed by atoms with van der Waals surface area (Å²) in [5.74, 6) is -1.26. The van der Waals surface area contributed by atoms with E-state index in [1.807, 2.05) is 20.8 Å². The minimum Gasteiger partial charge on any atom is -0.479 e. The van der Waals surface area contributed by atoms with E-state index in [1.165, 1.54) is 4.90 Å². The smallest absolute Gasteiger partial charge is 0.329 e. The zero-order chi connectivity index (χ0) is 16.5. The third-order valence-corrected chi connectivity index (χ3v) is 4.63. The van der Waals surface area contributed by atoms with E-state index in [9.17, 15) is 14.7 Å². The topological polar surface area (TPSA) is 86.3 Å². The van der Waals surface area contributed by atoms with Crippen molar-refractivity contribution in [3.63, 3.8) is 0 Å². The fourth-order valence-corrected chi connectivity index (χ4v) is 3.01. The lowest BCUT2D eigenvalue weighted by Crippen LogP contribution is -2.56. The average Bonchev–Trinajstić information content (AvgIpc) is 2.96. The molecular weight excluding hydrogens is 282 g/mol. The standard InChI is InChI=1S/C16H25N3O3/c1-15(2,3)12-10-11(17-18-12)13(20)19(4)16(14(21)22)8-6-5-7-9-16/h10H,5-9H2,1-4H3,(H,17,18)(H,21,22). The first-order chi connectivity index (χ1) is 10.2. The zero-order valence-electron chi connectivity index (χ0n) is 13.8. The van der Waals surface area contributed by atoms with Gasteiger partial charge in [-0.1, -0.05) is 40.0 Å². The fraction of sp³-hybridized carbons (Fsp3) is 0.688. The van der Waals surface area contributed by atoms with Crippen LogP contribution >= 0.6 is 0 Å². The van der Waals surface area contributed by atoms with Gasteiger partial charge < -0.3 is 10.0 Å². The Morgan fingerprint density at radius 1 is 1.27 bits per heavy atom. The lowest BCUT2D eigenvalue weighted by Gasteiger charge is -2.40. The molecule has 1 fully saturated rings.